The van der Waals surface area contributed by atoms with E-state index in [0.29, 0.717) is 41.9 Å². The van der Waals surface area contributed by atoms with Crippen LogP contribution in [0.2, 0.25) is 5.02 Å². The van der Waals surface area contributed by atoms with Crippen LogP contribution in [0.15, 0.2) is 53.1 Å². The second-order valence-corrected chi connectivity index (χ2v) is 7.34. The van der Waals surface area contributed by atoms with Crippen molar-refractivity contribution >= 4 is 17.5 Å². The molecule has 0 radical (unpaired) electrons. The molecule has 28 heavy (non-hydrogen) atoms. The van der Waals surface area contributed by atoms with Crippen molar-refractivity contribution in [2.45, 2.75) is 13.5 Å². The molecular weight excluding hydrogens is 376 g/mol. The van der Waals surface area contributed by atoms with E-state index in [1.807, 2.05) is 48.2 Å². The molecule has 1 aliphatic heterocycles. The minimum Gasteiger partial charge on any atom is -0.336 e. The maximum absolute atomic E-state index is 12.7. The summed E-state index contributed by atoms with van der Waals surface area (Å²) in [6, 6.07) is 15.2. The molecule has 1 aliphatic rings. The fraction of sp³-hybridized carbons (Fsp3) is 0.286. The summed E-state index contributed by atoms with van der Waals surface area (Å²) in [6.07, 6.45) is 0. The number of piperazine rings is 1. The number of halogens is 1. The Labute approximate surface area is 168 Å². The molecule has 4 rings (SSSR count). The molecule has 2 heterocycles. The number of aryl methyl sites for hydroxylation is 1. The van der Waals surface area contributed by atoms with Gasteiger partial charge in [-0.05, 0) is 31.2 Å². The number of aromatic nitrogens is 2. The van der Waals surface area contributed by atoms with Crippen LogP contribution in [-0.2, 0) is 6.54 Å². The predicted octanol–water partition coefficient (Wildman–Crippen LogP) is 3.66. The first kappa shape index (κ1) is 18.7. The monoisotopic (exact) mass is 396 g/mol. The van der Waals surface area contributed by atoms with E-state index in [4.69, 9.17) is 16.1 Å². The van der Waals surface area contributed by atoms with E-state index < -0.39 is 0 Å². The summed E-state index contributed by atoms with van der Waals surface area (Å²) < 4.78 is 5.41. The van der Waals surface area contributed by atoms with Crippen molar-refractivity contribution in [1.29, 1.82) is 0 Å². The van der Waals surface area contributed by atoms with Gasteiger partial charge in [0.1, 0.15) is 0 Å². The molecule has 3 aromatic rings. The van der Waals surface area contributed by atoms with Gasteiger partial charge in [0.05, 0.1) is 17.1 Å². The zero-order chi connectivity index (χ0) is 19.5. The lowest BCUT2D eigenvalue weighted by atomic mass is 10.1. The lowest BCUT2D eigenvalue weighted by Gasteiger charge is -2.34. The standard InChI is InChI=1S/C21H21ClN4O2/c1-15-5-4-6-16(13-15)20-23-19(24-28-20)14-25-9-11-26(12-10-25)21(27)17-7-2-3-8-18(17)22/h2-8,13H,9-12,14H2,1H3. The van der Waals surface area contributed by atoms with Gasteiger partial charge in [0.2, 0.25) is 0 Å². The van der Waals surface area contributed by atoms with Crippen molar-refractivity contribution < 1.29 is 9.32 Å². The molecule has 0 N–H and O–H groups in total. The van der Waals surface area contributed by atoms with Crippen molar-refractivity contribution in [3.63, 3.8) is 0 Å². The Hall–Kier alpha value is -2.70. The molecule has 0 atom stereocenters. The molecule has 1 aromatic heterocycles. The quantitative estimate of drug-likeness (QED) is 0.673. The first-order chi connectivity index (χ1) is 13.6. The number of carbonyl (C=O) groups is 1. The molecule has 1 amide bonds. The van der Waals surface area contributed by atoms with Gasteiger partial charge < -0.3 is 9.42 Å². The maximum Gasteiger partial charge on any atom is 0.257 e. The van der Waals surface area contributed by atoms with Crippen molar-refractivity contribution in [2.24, 2.45) is 0 Å². The third-order valence-electron chi connectivity index (χ3n) is 4.86. The molecule has 0 saturated carbocycles. The molecule has 0 aliphatic carbocycles. The lowest BCUT2D eigenvalue weighted by Crippen LogP contribution is -2.48. The van der Waals surface area contributed by atoms with Crippen LogP contribution in [0.4, 0.5) is 0 Å². The maximum atomic E-state index is 12.7. The van der Waals surface area contributed by atoms with Gasteiger partial charge in [-0.3, -0.25) is 9.69 Å². The Morgan fingerprint density at radius 1 is 1.11 bits per heavy atom. The highest BCUT2D eigenvalue weighted by atomic mass is 35.5. The molecular formula is C21H21ClN4O2. The van der Waals surface area contributed by atoms with E-state index in [2.05, 4.69) is 15.0 Å². The Morgan fingerprint density at radius 2 is 1.89 bits per heavy atom. The molecule has 6 nitrogen and oxygen atoms in total. The van der Waals surface area contributed by atoms with E-state index in [9.17, 15) is 4.79 Å². The van der Waals surface area contributed by atoms with Crippen LogP contribution < -0.4 is 0 Å². The van der Waals surface area contributed by atoms with Crippen molar-refractivity contribution in [1.82, 2.24) is 19.9 Å². The van der Waals surface area contributed by atoms with Crippen molar-refractivity contribution in [2.75, 3.05) is 26.2 Å². The van der Waals surface area contributed by atoms with E-state index in [-0.39, 0.29) is 5.91 Å². The smallest absolute Gasteiger partial charge is 0.257 e. The first-order valence-electron chi connectivity index (χ1n) is 9.26. The highest BCUT2D eigenvalue weighted by Crippen LogP contribution is 2.20. The third-order valence-corrected chi connectivity index (χ3v) is 5.19. The highest BCUT2D eigenvalue weighted by molar-refractivity contribution is 6.33. The number of hydrogen-bond donors (Lipinski definition) is 0. The average molecular weight is 397 g/mol. The van der Waals surface area contributed by atoms with Gasteiger partial charge in [-0.25, -0.2) is 0 Å². The van der Waals surface area contributed by atoms with Gasteiger partial charge in [0.15, 0.2) is 5.82 Å². The number of amides is 1. The molecule has 2 aromatic carbocycles. The molecule has 1 saturated heterocycles. The number of hydrogen-bond acceptors (Lipinski definition) is 5. The SMILES string of the molecule is Cc1cccc(-c2nc(CN3CCN(C(=O)c4ccccc4Cl)CC3)no2)c1. The van der Waals surface area contributed by atoms with E-state index in [1.165, 1.54) is 0 Å². The largest absolute Gasteiger partial charge is 0.336 e. The van der Waals surface area contributed by atoms with Crippen LogP contribution in [-0.4, -0.2) is 52.0 Å². The second kappa shape index (κ2) is 8.12. The fourth-order valence-electron chi connectivity index (χ4n) is 3.33. The number of rotatable bonds is 4. The van der Waals surface area contributed by atoms with Crippen LogP contribution in [0, 0.1) is 6.92 Å². The van der Waals surface area contributed by atoms with E-state index in [1.54, 1.807) is 12.1 Å². The van der Waals surface area contributed by atoms with Gasteiger partial charge in [0, 0.05) is 31.7 Å². The highest BCUT2D eigenvalue weighted by Gasteiger charge is 2.24. The minimum atomic E-state index is -0.0217. The van der Waals surface area contributed by atoms with Gasteiger partial charge in [-0.1, -0.05) is 46.6 Å². The summed E-state index contributed by atoms with van der Waals surface area (Å²) in [7, 11) is 0. The fourth-order valence-corrected chi connectivity index (χ4v) is 3.54. The summed E-state index contributed by atoms with van der Waals surface area (Å²) in [5.74, 6) is 1.17. The lowest BCUT2D eigenvalue weighted by molar-refractivity contribution is 0.0624. The Balaban J connectivity index is 1.35. The third kappa shape index (κ3) is 4.08. The molecule has 144 valence electrons. The predicted molar refractivity (Wildman–Crippen MR) is 107 cm³/mol. The van der Waals surface area contributed by atoms with Crippen LogP contribution in [0.3, 0.4) is 0 Å². The zero-order valence-corrected chi connectivity index (χ0v) is 16.4. The van der Waals surface area contributed by atoms with Gasteiger partial charge in [0.25, 0.3) is 11.8 Å². The van der Waals surface area contributed by atoms with Gasteiger partial charge in [-0.2, -0.15) is 4.98 Å². The van der Waals surface area contributed by atoms with Crippen LogP contribution in [0.1, 0.15) is 21.7 Å². The van der Waals surface area contributed by atoms with E-state index >= 15 is 0 Å². The van der Waals surface area contributed by atoms with Crippen LogP contribution >= 0.6 is 11.6 Å². The molecule has 0 unspecified atom stereocenters. The average Bonchev–Trinajstić information content (AvgIpc) is 3.17. The number of benzene rings is 2. The molecule has 1 fully saturated rings. The Kier molecular flexibility index (Phi) is 5.41. The zero-order valence-electron chi connectivity index (χ0n) is 15.6. The topological polar surface area (TPSA) is 62.5 Å². The van der Waals surface area contributed by atoms with Crippen LogP contribution in [0.5, 0.6) is 0 Å². The molecule has 0 spiro atoms. The number of nitrogens with zero attached hydrogens (tertiary/aromatic N) is 4. The molecule has 0 bridgehead atoms. The van der Waals surface area contributed by atoms with Crippen LogP contribution in [0.25, 0.3) is 11.5 Å². The number of carbonyl (C=O) groups excluding carboxylic acids is 1. The van der Waals surface area contributed by atoms with Crippen molar-refractivity contribution in [3.05, 3.63) is 70.5 Å². The normalized spacial score (nSPS) is 15.0. The minimum absolute atomic E-state index is 0.0217. The van der Waals surface area contributed by atoms with Gasteiger partial charge >= 0.3 is 0 Å². The summed E-state index contributed by atoms with van der Waals surface area (Å²) in [6.45, 7) is 5.43. The van der Waals surface area contributed by atoms with Gasteiger partial charge in [-0.15, -0.1) is 0 Å². The summed E-state index contributed by atoms with van der Waals surface area (Å²) in [5.41, 5.74) is 2.63. The van der Waals surface area contributed by atoms with E-state index in [0.717, 1.165) is 24.2 Å². The first-order valence-corrected chi connectivity index (χ1v) is 9.64. The summed E-state index contributed by atoms with van der Waals surface area (Å²) in [4.78, 5) is 21.2. The summed E-state index contributed by atoms with van der Waals surface area (Å²) in [5, 5.41) is 4.60. The Bertz CT molecular complexity index is 980. The summed E-state index contributed by atoms with van der Waals surface area (Å²) >= 11 is 6.15. The second-order valence-electron chi connectivity index (χ2n) is 6.93. The Morgan fingerprint density at radius 3 is 2.64 bits per heavy atom. The molecule has 7 heteroatoms. The van der Waals surface area contributed by atoms with Crippen molar-refractivity contribution in [3.8, 4) is 11.5 Å².